The minimum absolute atomic E-state index is 0.158. The Morgan fingerprint density at radius 2 is 1.68 bits per heavy atom. The third-order valence-electron chi connectivity index (χ3n) is 4.40. The summed E-state index contributed by atoms with van der Waals surface area (Å²) < 4.78 is 4.67. The second-order valence-electron chi connectivity index (χ2n) is 6.75. The Kier molecular flexibility index (Phi) is 7.32. The number of anilines is 2. The van der Waals surface area contributed by atoms with E-state index < -0.39 is 5.97 Å². The summed E-state index contributed by atoms with van der Waals surface area (Å²) in [4.78, 5) is 37.5. The number of ether oxygens (including phenoxy) is 1. The van der Waals surface area contributed by atoms with Crippen LogP contribution in [0.15, 0.2) is 48.5 Å². The van der Waals surface area contributed by atoms with E-state index in [4.69, 9.17) is 0 Å². The van der Waals surface area contributed by atoms with Crippen molar-refractivity contribution >= 4 is 29.2 Å². The monoisotopic (exact) mass is 382 g/mol. The van der Waals surface area contributed by atoms with E-state index in [1.54, 1.807) is 24.3 Å². The number of nitrogens with zero attached hydrogens (tertiary/aromatic N) is 1. The molecule has 0 fully saturated rings. The Hall–Kier alpha value is -3.15. The molecule has 0 aliphatic carbocycles. The maximum absolute atomic E-state index is 12.4. The summed E-state index contributed by atoms with van der Waals surface area (Å²) in [5.74, 6) is -0.491. The highest BCUT2D eigenvalue weighted by molar-refractivity contribution is 5.96. The highest BCUT2D eigenvalue weighted by Crippen LogP contribution is 2.24. The predicted octanol–water partition coefficient (Wildman–Crippen LogP) is 3.98. The SMILES string of the molecule is COC(=O)c1ccc(N(CCC(=O)Nc2ccccc2C(C)C)C(C)=O)cc1. The molecule has 0 aromatic heterocycles. The normalized spacial score (nSPS) is 10.5. The lowest BCUT2D eigenvalue weighted by Gasteiger charge is -2.21. The van der Waals surface area contributed by atoms with Crippen LogP contribution >= 0.6 is 0 Å². The topological polar surface area (TPSA) is 75.7 Å². The molecule has 0 spiro atoms. The number of nitrogens with one attached hydrogen (secondary N) is 1. The first-order valence-electron chi connectivity index (χ1n) is 9.18. The summed E-state index contributed by atoms with van der Waals surface area (Å²) in [5.41, 5.74) is 2.88. The second-order valence-corrected chi connectivity index (χ2v) is 6.75. The number of methoxy groups -OCH3 is 1. The van der Waals surface area contributed by atoms with Gasteiger partial charge in [-0.15, -0.1) is 0 Å². The number of hydrogen-bond acceptors (Lipinski definition) is 4. The van der Waals surface area contributed by atoms with Crippen molar-refractivity contribution in [2.75, 3.05) is 23.9 Å². The number of rotatable bonds is 7. The van der Waals surface area contributed by atoms with Gasteiger partial charge in [-0.25, -0.2) is 4.79 Å². The average Bonchev–Trinajstić information content (AvgIpc) is 2.68. The van der Waals surface area contributed by atoms with E-state index >= 15 is 0 Å². The van der Waals surface area contributed by atoms with Crippen LogP contribution in [0.5, 0.6) is 0 Å². The molecule has 2 amide bonds. The fourth-order valence-corrected chi connectivity index (χ4v) is 2.90. The van der Waals surface area contributed by atoms with Crippen molar-refractivity contribution in [2.24, 2.45) is 0 Å². The largest absolute Gasteiger partial charge is 0.465 e. The Balaban J connectivity index is 2.04. The minimum atomic E-state index is -0.441. The van der Waals surface area contributed by atoms with Gasteiger partial charge in [0.15, 0.2) is 0 Å². The van der Waals surface area contributed by atoms with E-state index in [0.717, 1.165) is 11.3 Å². The van der Waals surface area contributed by atoms with Gasteiger partial charge in [-0.2, -0.15) is 0 Å². The molecule has 2 rings (SSSR count). The zero-order valence-electron chi connectivity index (χ0n) is 16.7. The van der Waals surface area contributed by atoms with Crippen molar-refractivity contribution in [3.8, 4) is 0 Å². The molecule has 6 heteroatoms. The lowest BCUT2D eigenvalue weighted by atomic mass is 10.0. The average molecular weight is 382 g/mol. The molecule has 0 saturated heterocycles. The summed E-state index contributed by atoms with van der Waals surface area (Å²) in [7, 11) is 1.31. The summed E-state index contributed by atoms with van der Waals surface area (Å²) in [6, 6.07) is 14.2. The molecular formula is C22H26N2O4. The van der Waals surface area contributed by atoms with Crippen molar-refractivity contribution in [1.82, 2.24) is 0 Å². The second kappa shape index (κ2) is 9.69. The van der Waals surface area contributed by atoms with Crippen molar-refractivity contribution in [1.29, 1.82) is 0 Å². The van der Waals surface area contributed by atoms with Crippen molar-refractivity contribution in [3.05, 3.63) is 59.7 Å². The third kappa shape index (κ3) is 5.42. The van der Waals surface area contributed by atoms with E-state index in [1.165, 1.54) is 18.9 Å². The van der Waals surface area contributed by atoms with Gasteiger partial charge >= 0.3 is 5.97 Å². The van der Waals surface area contributed by atoms with Crippen LogP contribution in [0.1, 0.15) is 49.0 Å². The molecule has 0 radical (unpaired) electrons. The van der Waals surface area contributed by atoms with E-state index in [1.807, 2.05) is 24.3 Å². The van der Waals surface area contributed by atoms with Crippen LogP contribution in [-0.2, 0) is 14.3 Å². The van der Waals surface area contributed by atoms with Gasteiger partial charge in [0.05, 0.1) is 12.7 Å². The van der Waals surface area contributed by atoms with Gasteiger partial charge in [0, 0.05) is 31.3 Å². The molecule has 2 aromatic rings. The van der Waals surface area contributed by atoms with Crippen LogP contribution in [0.3, 0.4) is 0 Å². The summed E-state index contributed by atoms with van der Waals surface area (Å²) in [6.45, 7) is 5.82. The number of amides is 2. The van der Waals surface area contributed by atoms with Crippen molar-refractivity contribution in [2.45, 2.75) is 33.1 Å². The molecule has 148 valence electrons. The molecule has 0 atom stereocenters. The zero-order valence-corrected chi connectivity index (χ0v) is 16.7. The van der Waals surface area contributed by atoms with E-state index in [0.29, 0.717) is 17.2 Å². The van der Waals surface area contributed by atoms with Gasteiger partial charge in [0.2, 0.25) is 11.8 Å². The molecule has 6 nitrogen and oxygen atoms in total. The fourth-order valence-electron chi connectivity index (χ4n) is 2.90. The maximum atomic E-state index is 12.4. The van der Waals surface area contributed by atoms with Crippen LogP contribution in [0.4, 0.5) is 11.4 Å². The molecule has 0 saturated carbocycles. The van der Waals surface area contributed by atoms with Crippen LogP contribution in [0, 0.1) is 0 Å². The van der Waals surface area contributed by atoms with Crippen molar-refractivity contribution < 1.29 is 19.1 Å². The van der Waals surface area contributed by atoms with Crippen LogP contribution in [0.2, 0.25) is 0 Å². The molecule has 0 heterocycles. The van der Waals surface area contributed by atoms with Crippen LogP contribution in [0.25, 0.3) is 0 Å². The Morgan fingerprint density at radius 3 is 2.25 bits per heavy atom. The van der Waals surface area contributed by atoms with E-state index in [2.05, 4.69) is 23.9 Å². The molecule has 0 aliphatic rings. The first-order valence-corrected chi connectivity index (χ1v) is 9.18. The van der Waals surface area contributed by atoms with Gasteiger partial charge in [-0.05, 0) is 41.8 Å². The Labute approximate surface area is 165 Å². The van der Waals surface area contributed by atoms with Gasteiger partial charge < -0.3 is 15.0 Å². The minimum Gasteiger partial charge on any atom is -0.465 e. The van der Waals surface area contributed by atoms with Crippen molar-refractivity contribution in [3.63, 3.8) is 0 Å². The zero-order chi connectivity index (χ0) is 20.7. The summed E-state index contributed by atoms with van der Waals surface area (Å²) in [6.07, 6.45) is 0.158. The number of esters is 1. The van der Waals surface area contributed by atoms with Crippen LogP contribution < -0.4 is 10.2 Å². The lowest BCUT2D eigenvalue weighted by molar-refractivity contribution is -0.117. The lowest BCUT2D eigenvalue weighted by Crippen LogP contribution is -2.32. The molecule has 1 N–H and O–H groups in total. The number of benzene rings is 2. The molecule has 28 heavy (non-hydrogen) atoms. The maximum Gasteiger partial charge on any atom is 0.337 e. The molecule has 2 aromatic carbocycles. The summed E-state index contributed by atoms with van der Waals surface area (Å²) >= 11 is 0. The highest BCUT2D eigenvalue weighted by atomic mass is 16.5. The third-order valence-corrected chi connectivity index (χ3v) is 4.40. The molecular weight excluding hydrogens is 356 g/mol. The predicted molar refractivity (Wildman–Crippen MR) is 110 cm³/mol. The first-order chi connectivity index (χ1) is 13.3. The van der Waals surface area contributed by atoms with E-state index in [9.17, 15) is 14.4 Å². The highest BCUT2D eigenvalue weighted by Gasteiger charge is 2.15. The number of carbonyl (C=O) groups is 3. The van der Waals surface area contributed by atoms with Gasteiger partial charge in [0.25, 0.3) is 0 Å². The van der Waals surface area contributed by atoms with Gasteiger partial charge in [-0.3, -0.25) is 9.59 Å². The number of para-hydroxylation sites is 1. The Bertz CT molecular complexity index is 844. The smallest absolute Gasteiger partial charge is 0.337 e. The summed E-state index contributed by atoms with van der Waals surface area (Å²) in [5, 5.41) is 2.93. The van der Waals surface area contributed by atoms with Gasteiger partial charge in [0.1, 0.15) is 0 Å². The Morgan fingerprint density at radius 1 is 1.04 bits per heavy atom. The molecule has 0 aliphatic heterocycles. The van der Waals surface area contributed by atoms with E-state index in [-0.39, 0.29) is 24.8 Å². The molecule has 0 bridgehead atoms. The number of hydrogen-bond donors (Lipinski definition) is 1. The fraction of sp³-hybridized carbons (Fsp3) is 0.318. The number of carbonyl (C=O) groups excluding carboxylic acids is 3. The standard InChI is InChI=1S/C22H26N2O4/c1-15(2)19-7-5-6-8-20(19)23-21(26)13-14-24(16(3)25)18-11-9-17(10-12-18)22(27)28-4/h5-12,15H,13-14H2,1-4H3,(H,23,26). The van der Waals surface area contributed by atoms with Crippen LogP contribution in [-0.4, -0.2) is 31.4 Å². The quantitative estimate of drug-likeness (QED) is 0.735. The molecule has 0 unspecified atom stereocenters. The van der Waals surface area contributed by atoms with Gasteiger partial charge in [-0.1, -0.05) is 32.0 Å². The first kappa shape index (κ1) is 21.2.